The summed E-state index contributed by atoms with van der Waals surface area (Å²) < 4.78 is 0. The highest BCUT2D eigenvalue weighted by Gasteiger charge is 2.34. The van der Waals surface area contributed by atoms with E-state index in [9.17, 15) is 9.59 Å². The topological polar surface area (TPSA) is 49.4 Å². The number of nitrogens with one attached hydrogen (secondary N) is 1. The van der Waals surface area contributed by atoms with Crippen LogP contribution < -0.4 is 5.32 Å². The summed E-state index contributed by atoms with van der Waals surface area (Å²) in [6, 6.07) is 1.72. The average Bonchev–Trinajstić information content (AvgIpc) is 2.62. The smallest absolute Gasteiger partial charge is 0.246 e. The van der Waals surface area contributed by atoms with Crippen LogP contribution in [0.5, 0.6) is 0 Å². The lowest BCUT2D eigenvalue weighted by Crippen LogP contribution is -2.59. The van der Waals surface area contributed by atoms with E-state index in [4.69, 9.17) is 0 Å². The van der Waals surface area contributed by atoms with Crippen molar-refractivity contribution in [2.75, 3.05) is 6.54 Å². The predicted octanol–water partition coefficient (Wildman–Crippen LogP) is 1.85. The monoisotopic (exact) mass is 280 g/mol. The average molecular weight is 280 g/mol. The van der Waals surface area contributed by atoms with Crippen molar-refractivity contribution in [3.63, 3.8) is 0 Å². The van der Waals surface area contributed by atoms with Crippen LogP contribution in [0.2, 0.25) is 0 Å². The van der Waals surface area contributed by atoms with Gasteiger partial charge in [-0.2, -0.15) is 0 Å². The first-order valence-corrected chi connectivity index (χ1v) is 7.34. The molecule has 1 aromatic rings. The lowest BCUT2D eigenvalue weighted by molar-refractivity contribution is -0.146. The molecule has 2 amide bonds. The van der Waals surface area contributed by atoms with Crippen molar-refractivity contribution in [3.8, 4) is 0 Å². The Kier molecular flexibility index (Phi) is 3.94. The molecule has 1 unspecified atom stereocenters. The quantitative estimate of drug-likeness (QED) is 0.918. The van der Waals surface area contributed by atoms with Crippen molar-refractivity contribution in [1.29, 1.82) is 0 Å². The third kappa shape index (κ3) is 2.97. The Hall–Kier alpha value is -1.36. The molecule has 1 aliphatic rings. The summed E-state index contributed by atoms with van der Waals surface area (Å²) in [5.74, 6) is 0.0765. The Balaban J connectivity index is 2.14. The molecule has 1 aliphatic heterocycles. The van der Waals surface area contributed by atoms with Gasteiger partial charge in [-0.05, 0) is 31.4 Å². The maximum atomic E-state index is 12.3. The van der Waals surface area contributed by atoms with Crippen LogP contribution in [0.25, 0.3) is 0 Å². The number of amides is 2. The van der Waals surface area contributed by atoms with Gasteiger partial charge in [-0.1, -0.05) is 13.8 Å². The third-order valence-corrected chi connectivity index (χ3v) is 4.60. The Morgan fingerprint density at radius 2 is 2.11 bits per heavy atom. The summed E-state index contributed by atoms with van der Waals surface area (Å²) >= 11 is 1.70. The minimum atomic E-state index is -0.386. The van der Waals surface area contributed by atoms with Gasteiger partial charge >= 0.3 is 0 Å². The molecule has 1 saturated heterocycles. The van der Waals surface area contributed by atoms with Crippen molar-refractivity contribution < 1.29 is 9.59 Å². The molecule has 0 aliphatic carbocycles. The molecule has 104 valence electrons. The van der Waals surface area contributed by atoms with Crippen LogP contribution in [0, 0.1) is 19.8 Å². The Morgan fingerprint density at radius 1 is 1.42 bits per heavy atom. The zero-order valence-electron chi connectivity index (χ0n) is 11.8. The minimum Gasteiger partial charge on any atom is -0.343 e. The number of rotatable bonds is 3. The maximum absolute atomic E-state index is 12.3. The van der Waals surface area contributed by atoms with Crippen molar-refractivity contribution in [2.24, 2.45) is 5.92 Å². The first-order valence-electron chi connectivity index (χ1n) is 6.52. The molecule has 0 aromatic carbocycles. The summed E-state index contributed by atoms with van der Waals surface area (Å²) in [5, 5.41) is 2.77. The van der Waals surface area contributed by atoms with Gasteiger partial charge in [-0.15, -0.1) is 11.3 Å². The van der Waals surface area contributed by atoms with Gasteiger partial charge in [0.05, 0.1) is 13.1 Å². The van der Waals surface area contributed by atoms with Crippen LogP contribution >= 0.6 is 11.3 Å². The second kappa shape index (κ2) is 5.33. The number of carbonyl (C=O) groups is 2. The van der Waals surface area contributed by atoms with Gasteiger partial charge in [0.2, 0.25) is 11.8 Å². The molecule has 0 saturated carbocycles. The van der Waals surface area contributed by atoms with E-state index in [1.54, 1.807) is 16.2 Å². The summed E-state index contributed by atoms with van der Waals surface area (Å²) in [6.07, 6.45) is 0. The molecule has 19 heavy (non-hydrogen) atoms. The standard InChI is InChI=1S/C14H20N2O2S/c1-8(2)13-14(18)16(7-12(17)15-13)6-11-5-9(3)10(4)19-11/h5,8,13H,6-7H2,1-4H3,(H,15,17). The summed E-state index contributed by atoms with van der Waals surface area (Å²) in [7, 11) is 0. The van der Waals surface area contributed by atoms with Crippen LogP contribution in [0.15, 0.2) is 6.07 Å². The molecule has 1 atom stereocenters. The van der Waals surface area contributed by atoms with Gasteiger partial charge in [0.15, 0.2) is 0 Å². The van der Waals surface area contributed by atoms with Gasteiger partial charge in [0.25, 0.3) is 0 Å². The molecule has 1 aromatic heterocycles. The fourth-order valence-corrected chi connectivity index (χ4v) is 3.30. The van der Waals surface area contributed by atoms with E-state index in [0.29, 0.717) is 6.54 Å². The molecule has 0 radical (unpaired) electrons. The van der Waals surface area contributed by atoms with E-state index in [-0.39, 0.29) is 30.3 Å². The van der Waals surface area contributed by atoms with Crippen LogP contribution in [0.4, 0.5) is 0 Å². The van der Waals surface area contributed by atoms with Crippen molar-refractivity contribution in [3.05, 3.63) is 21.4 Å². The second-order valence-electron chi connectivity index (χ2n) is 5.44. The van der Waals surface area contributed by atoms with Gasteiger partial charge in [-0.3, -0.25) is 9.59 Å². The highest BCUT2D eigenvalue weighted by Crippen LogP contribution is 2.23. The van der Waals surface area contributed by atoms with Gasteiger partial charge in [-0.25, -0.2) is 0 Å². The number of piperazine rings is 1. The number of aryl methyl sites for hydroxylation is 2. The highest BCUT2D eigenvalue weighted by atomic mass is 32.1. The Labute approximate surface area is 117 Å². The van der Waals surface area contributed by atoms with E-state index < -0.39 is 0 Å². The lowest BCUT2D eigenvalue weighted by Gasteiger charge is -2.34. The first-order chi connectivity index (χ1) is 8.88. The summed E-state index contributed by atoms with van der Waals surface area (Å²) in [5.41, 5.74) is 1.24. The molecule has 2 rings (SSSR count). The van der Waals surface area contributed by atoms with Gasteiger partial charge in [0.1, 0.15) is 6.04 Å². The van der Waals surface area contributed by atoms with Crippen LogP contribution in [0.3, 0.4) is 0 Å². The molecular weight excluding hydrogens is 260 g/mol. The van der Waals surface area contributed by atoms with E-state index in [2.05, 4.69) is 25.2 Å². The zero-order valence-corrected chi connectivity index (χ0v) is 12.6. The highest BCUT2D eigenvalue weighted by molar-refractivity contribution is 7.12. The van der Waals surface area contributed by atoms with Gasteiger partial charge in [0, 0.05) is 9.75 Å². The lowest BCUT2D eigenvalue weighted by atomic mass is 10.0. The number of nitrogens with zero attached hydrogens (tertiary/aromatic N) is 1. The molecule has 5 heteroatoms. The molecule has 1 fully saturated rings. The number of hydrogen-bond donors (Lipinski definition) is 1. The molecular formula is C14H20N2O2S. The normalized spacial score (nSPS) is 20.1. The largest absolute Gasteiger partial charge is 0.343 e. The van der Waals surface area contributed by atoms with Gasteiger partial charge < -0.3 is 10.2 Å². The number of carbonyl (C=O) groups excluding carboxylic acids is 2. The van der Waals surface area contributed by atoms with Crippen molar-refractivity contribution in [2.45, 2.75) is 40.3 Å². The van der Waals surface area contributed by atoms with E-state index in [1.807, 2.05) is 13.8 Å². The molecule has 0 bridgehead atoms. The fraction of sp³-hybridized carbons (Fsp3) is 0.571. The van der Waals surface area contributed by atoms with Crippen LogP contribution in [-0.2, 0) is 16.1 Å². The Morgan fingerprint density at radius 3 is 2.63 bits per heavy atom. The Bertz CT molecular complexity index is 488. The molecule has 1 N–H and O–H groups in total. The second-order valence-corrected chi connectivity index (χ2v) is 6.78. The zero-order chi connectivity index (χ0) is 14.2. The van der Waals surface area contributed by atoms with Crippen LogP contribution in [0.1, 0.15) is 29.2 Å². The van der Waals surface area contributed by atoms with Crippen molar-refractivity contribution in [1.82, 2.24) is 10.2 Å². The third-order valence-electron chi connectivity index (χ3n) is 3.46. The fourth-order valence-electron chi connectivity index (χ4n) is 2.23. The molecule has 4 nitrogen and oxygen atoms in total. The minimum absolute atomic E-state index is 0.0262. The van der Waals surface area contributed by atoms with Crippen LogP contribution in [-0.4, -0.2) is 29.3 Å². The first kappa shape index (κ1) is 14.1. The summed E-state index contributed by atoms with van der Waals surface area (Å²) in [4.78, 5) is 28.1. The molecule has 0 spiro atoms. The summed E-state index contributed by atoms with van der Waals surface area (Å²) in [6.45, 7) is 8.74. The van der Waals surface area contributed by atoms with E-state index in [0.717, 1.165) is 4.88 Å². The van der Waals surface area contributed by atoms with E-state index >= 15 is 0 Å². The van der Waals surface area contributed by atoms with Crippen molar-refractivity contribution >= 4 is 23.2 Å². The predicted molar refractivity (Wildman–Crippen MR) is 76.0 cm³/mol. The SMILES string of the molecule is Cc1cc(CN2CC(=O)NC(C(C)C)C2=O)sc1C. The maximum Gasteiger partial charge on any atom is 0.246 e. The van der Waals surface area contributed by atoms with E-state index in [1.165, 1.54) is 10.4 Å². The number of hydrogen-bond acceptors (Lipinski definition) is 3. The molecule has 2 heterocycles. The number of thiophene rings is 1.